The summed E-state index contributed by atoms with van der Waals surface area (Å²) in [6.07, 6.45) is 2.14. The lowest BCUT2D eigenvalue weighted by Gasteiger charge is -2.29. The first-order chi connectivity index (χ1) is 7.24. The summed E-state index contributed by atoms with van der Waals surface area (Å²) in [6, 6.07) is 7.11. The van der Waals surface area contributed by atoms with Crippen LogP contribution in [0.25, 0.3) is 0 Å². The van der Waals surface area contributed by atoms with E-state index in [1.54, 1.807) is 0 Å². The zero-order valence-corrected chi connectivity index (χ0v) is 8.82. The van der Waals surface area contributed by atoms with Gasteiger partial charge in [0.2, 0.25) is 0 Å². The fourth-order valence-corrected chi connectivity index (χ4v) is 1.96. The van der Waals surface area contributed by atoms with E-state index in [-0.39, 0.29) is 13.2 Å². The zero-order chi connectivity index (χ0) is 10.7. The Morgan fingerprint density at radius 2 is 1.75 bits per heavy atom. The monoisotopic (exact) mass is 224 g/mol. The maximum atomic E-state index is 12.7. The van der Waals surface area contributed by atoms with Crippen LogP contribution in [0.15, 0.2) is 24.3 Å². The van der Waals surface area contributed by atoms with Gasteiger partial charge in [0.15, 0.2) is 0 Å². The van der Waals surface area contributed by atoms with Crippen molar-refractivity contribution in [2.24, 2.45) is 5.73 Å². The van der Waals surface area contributed by atoms with Crippen molar-refractivity contribution in [3.05, 3.63) is 35.6 Å². The predicted octanol–water partition coefficient (Wildman–Crippen LogP) is 2.38. The Labute approximate surface area is 97.3 Å². The molecular weight excluding hydrogens is 203 g/mol. The van der Waals surface area contributed by atoms with Gasteiger partial charge in [-0.1, -0.05) is 19.6 Å². The molecule has 2 N–H and O–H groups in total. The Morgan fingerprint density at radius 1 is 1.19 bits per heavy atom. The van der Waals surface area contributed by atoms with E-state index >= 15 is 0 Å². The molecule has 3 heteroatoms. The third kappa shape index (κ3) is 3.58. The van der Waals surface area contributed by atoms with Crippen LogP contribution in [0.3, 0.4) is 0 Å². The maximum Gasteiger partial charge on any atom is 0.123 e. The van der Waals surface area contributed by atoms with Crippen molar-refractivity contribution < 1.29 is 4.39 Å². The fourth-order valence-electron chi connectivity index (χ4n) is 1.96. The van der Waals surface area contributed by atoms with E-state index in [1.807, 2.05) is 12.1 Å². The van der Waals surface area contributed by atoms with Crippen LogP contribution in [0.4, 0.5) is 4.39 Å². The molecule has 0 bridgehead atoms. The van der Waals surface area contributed by atoms with E-state index in [0.717, 1.165) is 32.5 Å². The number of hydrogen-bond donors (Lipinski definition) is 1. The first-order valence-electron chi connectivity index (χ1n) is 5.46. The van der Waals surface area contributed by atoms with Gasteiger partial charge in [-0.25, -0.2) is 4.39 Å². The highest BCUT2D eigenvalue weighted by atomic mass is 19.1. The molecule has 1 heterocycles. The first kappa shape index (κ1) is 13.1. The molecule has 1 aromatic rings. The lowest BCUT2D eigenvalue weighted by atomic mass is 10.1. The normalized spacial score (nSPS) is 18.1. The van der Waals surface area contributed by atoms with Gasteiger partial charge in [0.1, 0.15) is 5.82 Å². The van der Waals surface area contributed by atoms with E-state index in [9.17, 15) is 4.39 Å². The van der Waals surface area contributed by atoms with Crippen molar-refractivity contribution in [1.29, 1.82) is 0 Å². The number of halogens is 1. The molecule has 0 atom stereocenters. The van der Waals surface area contributed by atoms with Crippen LogP contribution in [0.1, 0.15) is 25.8 Å². The number of piperidine rings is 1. The highest BCUT2D eigenvalue weighted by Crippen LogP contribution is 2.12. The molecule has 0 unspecified atom stereocenters. The van der Waals surface area contributed by atoms with Gasteiger partial charge in [0, 0.05) is 12.6 Å². The summed E-state index contributed by atoms with van der Waals surface area (Å²) in [4.78, 5) is 2.37. The summed E-state index contributed by atoms with van der Waals surface area (Å²) < 4.78 is 12.7. The number of likely N-dealkylation sites (tertiary alicyclic amines) is 1. The van der Waals surface area contributed by atoms with Crippen molar-refractivity contribution in [2.75, 3.05) is 13.1 Å². The quantitative estimate of drug-likeness (QED) is 0.835. The Balaban J connectivity index is 0.00000128. The number of rotatable bonds is 2. The zero-order valence-electron chi connectivity index (χ0n) is 8.82. The fraction of sp³-hybridized carbons (Fsp3) is 0.538. The van der Waals surface area contributed by atoms with E-state index in [1.165, 1.54) is 17.7 Å². The lowest BCUT2D eigenvalue weighted by Crippen LogP contribution is -2.39. The molecule has 1 saturated heterocycles. The SMILES string of the molecule is C.NC1CCN(Cc2ccc(F)cc2)CC1. The molecule has 2 nitrogen and oxygen atoms in total. The highest BCUT2D eigenvalue weighted by Gasteiger charge is 2.15. The Kier molecular flexibility index (Phi) is 4.90. The van der Waals surface area contributed by atoms with E-state index in [0.29, 0.717) is 6.04 Å². The molecule has 2 rings (SSSR count). The topological polar surface area (TPSA) is 29.3 Å². The Hall–Kier alpha value is -0.930. The molecule has 0 aromatic heterocycles. The van der Waals surface area contributed by atoms with Crippen LogP contribution < -0.4 is 5.73 Å². The second-order valence-corrected chi connectivity index (χ2v) is 4.24. The molecular formula is C13H21FN2. The molecule has 90 valence electrons. The van der Waals surface area contributed by atoms with Gasteiger partial charge >= 0.3 is 0 Å². The number of benzene rings is 1. The largest absolute Gasteiger partial charge is 0.328 e. The van der Waals surface area contributed by atoms with Crippen LogP contribution in [0, 0.1) is 5.82 Å². The third-order valence-electron chi connectivity index (χ3n) is 2.95. The first-order valence-corrected chi connectivity index (χ1v) is 5.46. The summed E-state index contributed by atoms with van der Waals surface area (Å²) in [6.45, 7) is 3.02. The highest BCUT2D eigenvalue weighted by molar-refractivity contribution is 5.15. The van der Waals surface area contributed by atoms with Gasteiger partial charge in [0.05, 0.1) is 0 Å². The molecule has 0 radical (unpaired) electrons. The second kappa shape index (κ2) is 5.97. The Bertz CT molecular complexity index is 302. The summed E-state index contributed by atoms with van der Waals surface area (Å²) in [7, 11) is 0. The molecule has 1 aliphatic heterocycles. The van der Waals surface area contributed by atoms with Gasteiger partial charge in [-0.05, 0) is 43.6 Å². The molecule has 1 aliphatic rings. The van der Waals surface area contributed by atoms with Gasteiger partial charge in [0.25, 0.3) is 0 Å². The predicted molar refractivity (Wildman–Crippen MR) is 65.6 cm³/mol. The average Bonchev–Trinajstić information content (AvgIpc) is 2.25. The molecule has 1 aromatic carbocycles. The van der Waals surface area contributed by atoms with Crippen molar-refractivity contribution in [2.45, 2.75) is 32.9 Å². The van der Waals surface area contributed by atoms with Crippen LogP contribution in [0.2, 0.25) is 0 Å². The smallest absolute Gasteiger partial charge is 0.123 e. The summed E-state index contributed by atoms with van der Waals surface area (Å²) >= 11 is 0. The number of nitrogens with zero attached hydrogens (tertiary/aromatic N) is 1. The minimum absolute atomic E-state index is 0. The van der Waals surface area contributed by atoms with Crippen molar-refractivity contribution >= 4 is 0 Å². The molecule has 16 heavy (non-hydrogen) atoms. The van der Waals surface area contributed by atoms with Gasteiger partial charge in [-0.3, -0.25) is 4.90 Å². The number of hydrogen-bond acceptors (Lipinski definition) is 2. The second-order valence-electron chi connectivity index (χ2n) is 4.24. The molecule has 0 saturated carbocycles. The average molecular weight is 224 g/mol. The van der Waals surface area contributed by atoms with E-state index in [2.05, 4.69) is 4.90 Å². The van der Waals surface area contributed by atoms with E-state index in [4.69, 9.17) is 5.73 Å². The summed E-state index contributed by atoms with van der Waals surface area (Å²) in [5, 5.41) is 0. The third-order valence-corrected chi connectivity index (χ3v) is 2.95. The minimum atomic E-state index is -0.167. The van der Waals surface area contributed by atoms with Crippen LogP contribution in [0.5, 0.6) is 0 Å². The van der Waals surface area contributed by atoms with Gasteiger partial charge in [-0.2, -0.15) is 0 Å². The molecule has 0 amide bonds. The van der Waals surface area contributed by atoms with Crippen molar-refractivity contribution in [1.82, 2.24) is 4.90 Å². The maximum absolute atomic E-state index is 12.7. The van der Waals surface area contributed by atoms with E-state index < -0.39 is 0 Å². The number of nitrogens with two attached hydrogens (primary N) is 1. The molecule has 1 fully saturated rings. The molecule has 0 aliphatic carbocycles. The van der Waals surface area contributed by atoms with Crippen molar-refractivity contribution in [3.8, 4) is 0 Å². The summed E-state index contributed by atoms with van der Waals surface area (Å²) in [5.41, 5.74) is 7.01. The van der Waals surface area contributed by atoms with Crippen LogP contribution in [-0.2, 0) is 6.54 Å². The molecule has 0 spiro atoms. The standard InChI is InChI=1S/C12H17FN2.CH4/c13-11-3-1-10(2-4-11)9-15-7-5-12(14)6-8-15;/h1-4,12H,5-9,14H2;1H4. The minimum Gasteiger partial charge on any atom is -0.328 e. The summed E-state index contributed by atoms with van der Waals surface area (Å²) in [5.74, 6) is -0.167. The van der Waals surface area contributed by atoms with Gasteiger partial charge < -0.3 is 5.73 Å². The van der Waals surface area contributed by atoms with Crippen LogP contribution in [-0.4, -0.2) is 24.0 Å². The van der Waals surface area contributed by atoms with Crippen molar-refractivity contribution in [3.63, 3.8) is 0 Å². The lowest BCUT2D eigenvalue weighted by molar-refractivity contribution is 0.205. The Morgan fingerprint density at radius 3 is 2.31 bits per heavy atom. The van der Waals surface area contributed by atoms with Crippen LogP contribution >= 0.6 is 0 Å². The van der Waals surface area contributed by atoms with Gasteiger partial charge in [-0.15, -0.1) is 0 Å².